The van der Waals surface area contributed by atoms with Crippen LogP contribution in [0.5, 0.6) is 5.75 Å². The summed E-state index contributed by atoms with van der Waals surface area (Å²) in [5.41, 5.74) is -1.17. The van der Waals surface area contributed by atoms with Crippen molar-refractivity contribution in [2.75, 3.05) is 31.0 Å². The van der Waals surface area contributed by atoms with Crippen LogP contribution in [0.25, 0.3) is 10.8 Å². The van der Waals surface area contributed by atoms with E-state index in [1.807, 2.05) is 18.2 Å². The van der Waals surface area contributed by atoms with Crippen molar-refractivity contribution in [3.8, 4) is 5.75 Å². The number of anilines is 1. The van der Waals surface area contributed by atoms with Crippen LogP contribution in [0.3, 0.4) is 0 Å². The molecule has 1 heterocycles. The zero-order valence-electron chi connectivity index (χ0n) is 24.1. The van der Waals surface area contributed by atoms with Gasteiger partial charge in [0.15, 0.2) is 6.23 Å². The normalized spacial score (nSPS) is 14.7. The zero-order valence-corrected chi connectivity index (χ0v) is 25.0. The number of carbonyl (C=O) groups excluding carboxylic acids is 1. The van der Waals surface area contributed by atoms with Crippen molar-refractivity contribution in [1.82, 2.24) is 9.55 Å². The quantitative estimate of drug-likeness (QED) is 0.131. The highest BCUT2D eigenvalue weighted by molar-refractivity contribution is 7.56. The molecule has 0 fully saturated rings. The maximum Gasteiger partial charge on any atom is 0.489 e. The van der Waals surface area contributed by atoms with Crippen LogP contribution in [0.1, 0.15) is 20.1 Å². The number of H-pyrrole nitrogens is 1. The third-order valence-electron chi connectivity index (χ3n) is 6.49. The molecular weight excluding hydrogens is 593 g/mol. The number of aliphatic hydroxyl groups excluding tert-OH is 2. The number of hydrogen-bond donors (Lipinski definition) is 3. The molecule has 0 aliphatic heterocycles. The summed E-state index contributed by atoms with van der Waals surface area (Å²) in [5, 5.41) is 22.0. The van der Waals surface area contributed by atoms with Crippen LogP contribution >= 0.6 is 7.75 Å². The molecule has 0 radical (unpaired) electrons. The van der Waals surface area contributed by atoms with Gasteiger partial charge in [-0.25, -0.2) is 9.36 Å². The van der Waals surface area contributed by atoms with E-state index >= 15 is 0 Å². The molecule has 2 unspecified atom stereocenters. The van der Waals surface area contributed by atoms with E-state index in [1.54, 1.807) is 61.5 Å². The highest BCUT2D eigenvalue weighted by atomic mass is 31.2. The SMILES string of the molecule is CCOC(=O)CN(c1ccccc1)P(=O)(OC[C@@H](OC(CO)n1ccc(=O)[nH]c1=O)[C@H](C)O)Oc1cccc2ccccc12. The minimum Gasteiger partial charge on any atom is -0.465 e. The number of rotatable bonds is 15. The lowest BCUT2D eigenvalue weighted by Gasteiger charge is -2.33. The highest BCUT2D eigenvalue weighted by Crippen LogP contribution is 2.55. The summed E-state index contributed by atoms with van der Waals surface area (Å²) >= 11 is 0. The number of benzene rings is 3. The summed E-state index contributed by atoms with van der Waals surface area (Å²) in [6, 6.07) is 21.9. The molecule has 4 aromatic rings. The lowest BCUT2D eigenvalue weighted by Crippen LogP contribution is -2.40. The number of esters is 1. The van der Waals surface area contributed by atoms with Gasteiger partial charge < -0.3 is 24.2 Å². The Morgan fingerprint density at radius 1 is 1.02 bits per heavy atom. The Balaban J connectivity index is 1.73. The van der Waals surface area contributed by atoms with E-state index in [9.17, 15) is 29.2 Å². The second-order valence-corrected chi connectivity index (χ2v) is 11.5. The summed E-state index contributed by atoms with van der Waals surface area (Å²) in [5.74, 6) is -0.485. The van der Waals surface area contributed by atoms with Crippen LogP contribution in [0, 0.1) is 0 Å². The molecule has 0 spiro atoms. The molecule has 4 rings (SSSR count). The molecule has 44 heavy (non-hydrogen) atoms. The Kier molecular flexibility index (Phi) is 11.1. The zero-order chi connectivity index (χ0) is 31.7. The second kappa shape index (κ2) is 15.0. The van der Waals surface area contributed by atoms with Crippen LogP contribution in [0.4, 0.5) is 5.69 Å². The van der Waals surface area contributed by atoms with Gasteiger partial charge in [0.1, 0.15) is 18.4 Å². The van der Waals surface area contributed by atoms with E-state index in [-0.39, 0.29) is 12.4 Å². The van der Waals surface area contributed by atoms with Gasteiger partial charge in [-0.3, -0.25) is 28.3 Å². The topological polar surface area (TPSA) is 170 Å². The van der Waals surface area contributed by atoms with Gasteiger partial charge in [0.25, 0.3) is 5.56 Å². The molecule has 0 saturated carbocycles. The lowest BCUT2D eigenvalue weighted by atomic mass is 10.1. The van der Waals surface area contributed by atoms with Crippen molar-refractivity contribution < 1.29 is 38.1 Å². The van der Waals surface area contributed by atoms with Gasteiger partial charge in [-0.05, 0) is 37.4 Å². The first kappa shape index (κ1) is 32.6. The summed E-state index contributed by atoms with van der Waals surface area (Å²) in [6.07, 6.45) is -2.74. The van der Waals surface area contributed by atoms with E-state index in [0.29, 0.717) is 11.1 Å². The molecule has 0 amide bonds. The van der Waals surface area contributed by atoms with Crippen LogP contribution in [0.2, 0.25) is 0 Å². The number of hydrogen-bond acceptors (Lipinski definition) is 10. The number of nitrogens with one attached hydrogen (secondary N) is 1. The third-order valence-corrected chi connectivity index (χ3v) is 8.35. The Morgan fingerprint density at radius 2 is 1.73 bits per heavy atom. The highest BCUT2D eigenvalue weighted by Gasteiger charge is 2.40. The number of carbonyl (C=O) groups is 1. The first-order valence-electron chi connectivity index (χ1n) is 13.8. The number of aromatic nitrogens is 2. The molecule has 1 aromatic heterocycles. The molecule has 14 heteroatoms. The molecule has 234 valence electrons. The lowest BCUT2D eigenvalue weighted by molar-refractivity contribution is -0.141. The smallest absolute Gasteiger partial charge is 0.465 e. The summed E-state index contributed by atoms with van der Waals surface area (Å²) in [4.78, 5) is 38.6. The van der Waals surface area contributed by atoms with Crippen LogP contribution < -0.4 is 20.4 Å². The van der Waals surface area contributed by atoms with Crippen molar-refractivity contribution >= 4 is 30.2 Å². The van der Waals surface area contributed by atoms with Gasteiger partial charge >= 0.3 is 19.4 Å². The third kappa shape index (κ3) is 8.01. The minimum absolute atomic E-state index is 0.0847. The predicted molar refractivity (Wildman–Crippen MR) is 163 cm³/mol. The number of ether oxygens (including phenoxy) is 2. The molecule has 0 saturated heterocycles. The van der Waals surface area contributed by atoms with Gasteiger partial charge in [0.05, 0.1) is 25.9 Å². The van der Waals surface area contributed by atoms with Crippen molar-refractivity contribution in [3.63, 3.8) is 0 Å². The molecule has 0 aliphatic carbocycles. The van der Waals surface area contributed by atoms with Gasteiger partial charge in [-0.15, -0.1) is 0 Å². The first-order chi connectivity index (χ1) is 21.1. The summed E-state index contributed by atoms with van der Waals surface area (Å²) < 4.78 is 40.1. The van der Waals surface area contributed by atoms with Crippen LogP contribution in [0.15, 0.2) is 94.6 Å². The van der Waals surface area contributed by atoms with E-state index < -0.39 is 63.2 Å². The fourth-order valence-electron chi connectivity index (χ4n) is 4.31. The maximum absolute atomic E-state index is 14.9. The maximum atomic E-state index is 14.9. The second-order valence-electron chi connectivity index (χ2n) is 9.60. The number of aromatic amines is 1. The number of aliphatic hydroxyl groups is 2. The first-order valence-corrected chi connectivity index (χ1v) is 15.3. The number of nitrogens with zero attached hydrogens (tertiary/aromatic N) is 2. The van der Waals surface area contributed by atoms with E-state index in [2.05, 4.69) is 4.98 Å². The van der Waals surface area contributed by atoms with Gasteiger partial charge in [-0.1, -0.05) is 54.6 Å². The Hall–Kier alpha value is -4.26. The molecule has 0 bridgehead atoms. The molecule has 4 atom stereocenters. The monoisotopic (exact) mass is 627 g/mol. The van der Waals surface area contributed by atoms with E-state index in [4.69, 9.17) is 18.5 Å². The van der Waals surface area contributed by atoms with Crippen molar-refractivity contribution in [3.05, 3.63) is 106 Å². The fourth-order valence-corrected chi connectivity index (χ4v) is 6.04. The van der Waals surface area contributed by atoms with Crippen LogP contribution in [-0.4, -0.2) is 64.3 Å². The molecule has 3 aromatic carbocycles. The molecule has 3 N–H and O–H groups in total. The van der Waals surface area contributed by atoms with Crippen molar-refractivity contribution in [2.45, 2.75) is 32.3 Å². The van der Waals surface area contributed by atoms with E-state index in [1.165, 1.54) is 6.92 Å². The van der Waals surface area contributed by atoms with Gasteiger partial charge in [-0.2, -0.15) is 0 Å². The number of para-hydroxylation sites is 1. The van der Waals surface area contributed by atoms with Crippen molar-refractivity contribution in [1.29, 1.82) is 0 Å². The molecule has 0 aliphatic rings. The van der Waals surface area contributed by atoms with Gasteiger partial charge in [0.2, 0.25) is 0 Å². The largest absolute Gasteiger partial charge is 0.489 e. The summed E-state index contributed by atoms with van der Waals surface area (Å²) in [7, 11) is -4.53. The standard InChI is InChI=1S/C30H34N3O10P/c1-3-40-29(37)18-33(23-12-5-4-6-13-23)44(39,43-25-15-9-11-22-10-7-8-14-24(22)25)41-20-26(21(2)35)42-28(19-34)32-17-16-27(36)31-30(32)38/h4-17,21,26,28,34-35H,3,18-20H2,1-2H3,(H,31,36,38)/t21-,26+,28?,44?/m0/s1. The Labute approximate surface area is 252 Å². The van der Waals surface area contributed by atoms with Crippen LogP contribution in [-0.2, 0) is 23.4 Å². The predicted octanol–water partition coefficient (Wildman–Crippen LogP) is 3.22. The number of fused-ring (bicyclic) bond motifs is 1. The fraction of sp³-hybridized carbons (Fsp3) is 0.300. The minimum atomic E-state index is -4.53. The average molecular weight is 628 g/mol. The Morgan fingerprint density at radius 3 is 2.41 bits per heavy atom. The summed E-state index contributed by atoms with van der Waals surface area (Å²) in [6.45, 7) is 1.32. The molecular formula is C30H34N3O10P. The van der Waals surface area contributed by atoms with Gasteiger partial charge in [0, 0.05) is 23.3 Å². The van der Waals surface area contributed by atoms with E-state index in [0.717, 1.165) is 26.9 Å². The molecule has 13 nitrogen and oxygen atoms in total. The Bertz CT molecular complexity index is 1700. The van der Waals surface area contributed by atoms with Crippen molar-refractivity contribution in [2.24, 2.45) is 0 Å². The average Bonchev–Trinajstić information content (AvgIpc) is 3.01.